The predicted octanol–water partition coefficient (Wildman–Crippen LogP) is 3.02. The molecule has 216 valence electrons. The predicted molar refractivity (Wildman–Crippen MR) is 140 cm³/mol. The molecule has 2 aromatic rings. The normalized spacial score (nSPS) is 22.1. The van der Waals surface area contributed by atoms with E-state index in [1.807, 2.05) is 47.3 Å². The van der Waals surface area contributed by atoms with Crippen molar-refractivity contribution in [3.05, 3.63) is 66.0 Å². The second-order valence-corrected chi connectivity index (χ2v) is 10.5. The number of carboxylic acids is 1. The molecular weight excluding hydrogens is 527 g/mol. The number of alkyl halides is 3. The van der Waals surface area contributed by atoms with E-state index in [2.05, 4.69) is 33.4 Å². The van der Waals surface area contributed by atoms with Gasteiger partial charge in [-0.25, -0.2) is 9.59 Å². The summed E-state index contributed by atoms with van der Waals surface area (Å²) in [5, 5.41) is 10.2. The fourth-order valence-electron chi connectivity index (χ4n) is 6.15. The molecule has 3 saturated heterocycles. The Bertz CT molecular complexity index is 1170. The van der Waals surface area contributed by atoms with Crippen LogP contribution in [0.25, 0.3) is 0 Å². The van der Waals surface area contributed by atoms with E-state index >= 15 is 0 Å². The van der Waals surface area contributed by atoms with Crippen molar-refractivity contribution in [2.24, 2.45) is 11.8 Å². The maximum Gasteiger partial charge on any atom is 0.490 e. The molecule has 3 amide bonds. The second kappa shape index (κ2) is 12.2. The maximum atomic E-state index is 13.1. The van der Waals surface area contributed by atoms with Crippen LogP contribution >= 0.6 is 0 Å². The summed E-state index contributed by atoms with van der Waals surface area (Å²) in [6.07, 6.45) is 1.15. The molecule has 1 aromatic carbocycles. The van der Waals surface area contributed by atoms with Crippen molar-refractivity contribution in [1.82, 2.24) is 25.0 Å². The van der Waals surface area contributed by atoms with Crippen LogP contribution in [0.15, 0.2) is 54.9 Å². The lowest BCUT2D eigenvalue weighted by Crippen LogP contribution is -2.57. The summed E-state index contributed by atoms with van der Waals surface area (Å²) in [6.45, 7) is 4.61. The molecule has 3 aliphatic heterocycles. The van der Waals surface area contributed by atoms with Gasteiger partial charge in [0.1, 0.15) is 0 Å². The SMILES string of the molecule is CN1C(=O)[C@H]2CN(Cc3cccnc3)C[C@H]2C12CCN(C(=O)NCCc1ccccc1)CC2.O=C(O)C(F)(F)F. The highest BCUT2D eigenvalue weighted by atomic mass is 19.4. The van der Waals surface area contributed by atoms with E-state index in [4.69, 9.17) is 9.90 Å². The molecule has 4 heterocycles. The molecule has 0 unspecified atom stereocenters. The summed E-state index contributed by atoms with van der Waals surface area (Å²) < 4.78 is 31.7. The van der Waals surface area contributed by atoms with Crippen LogP contribution in [0.3, 0.4) is 0 Å². The summed E-state index contributed by atoms with van der Waals surface area (Å²) in [6, 6.07) is 14.3. The van der Waals surface area contributed by atoms with Gasteiger partial charge in [0.15, 0.2) is 0 Å². The number of hydrogen-bond donors (Lipinski definition) is 2. The van der Waals surface area contributed by atoms with Crippen molar-refractivity contribution < 1.29 is 32.7 Å². The van der Waals surface area contributed by atoms with Gasteiger partial charge in [0.2, 0.25) is 5.91 Å². The third-order valence-corrected chi connectivity index (χ3v) is 8.22. The number of piperidine rings is 1. The van der Waals surface area contributed by atoms with Gasteiger partial charge in [-0.1, -0.05) is 36.4 Å². The van der Waals surface area contributed by atoms with Crippen molar-refractivity contribution in [3.63, 3.8) is 0 Å². The number of urea groups is 1. The number of amides is 3. The number of hydrogen-bond acceptors (Lipinski definition) is 5. The van der Waals surface area contributed by atoms with Crippen LogP contribution < -0.4 is 5.32 Å². The first-order valence-electron chi connectivity index (χ1n) is 13.3. The van der Waals surface area contributed by atoms with E-state index in [0.29, 0.717) is 25.6 Å². The quantitative estimate of drug-likeness (QED) is 0.582. The van der Waals surface area contributed by atoms with Crippen molar-refractivity contribution >= 4 is 17.9 Å². The molecule has 2 N–H and O–H groups in total. The summed E-state index contributed by atoms with van der Waals surface area (Å²) >= 11 is 0. The number of likely N-dealkylation sites (tertiary alicyclic amines) is 3. The van der Waals surface area contributed by atoms with Crippen molar-refractivity contribution in [2.75, 3.05) is 39.8 Å². The minimum absolute atomic E-state index is 0.00827. The molecule has 1 spiro atoms. The molecule has 0 bridgehead atoms. The van der Waals surface area contributed by atoms with Crippen LogP contribution in [0, 0.1) is 11.8 Å². The maximum absolute atomic E-state index is 13.1. The molecule has 0 saturated carbocycles. The second-order valence-electron chi connectivity index (χ2n) is 10.5. The highest BCUT2D eigenvalue weighted by Crippen LogP contribution is 2.49. The molecule has 9 nitrogen and oxygen atoms in total. The van der Waals surface area contributed by atoms with Crippen LogP contribution in [0.5, 0.6) is 0 Å². The Balaban J connectivity index is 0.000000470. The molecule has 3 aliphatic rings. The van der Waals surface area contributed by atoms with Gasteiger partial charge in [-0.3, -0.25) is 14.7 Å². The minimum Gasteiger partial charge on any atom is -0.475 e. The third-order valence-electron chi connectivity index (χ3n) is 8.22. The molecule has 2 atom stereocenters. The highest BCUT2D eigenvalue weighted by molar-refractivity contribution is 5.84. The third kappa shape index (κ3) is 6.55. The van der Waals surface area contributed by atoms with Crippen LogP contribution in [0.4, 0.5) is 18.0 Å². The Labute approximate surface area is 231 Å². The zero-order chi connectivity index (χ0) is 28.9. The minimum atomic E-state index is -5.08. The molecule has 1 aromatic heterocycles. The van der Waals surface area contributed by atoms with Crippen LogP contribution in [-0.2, 0) is 22.6 Å². The molecule has 5 rings (SSSR count). The molecule has 0 radical (unpaired) electrons. The largest absolute Gasteiger partial charge is 0.490 e. The zero-order valence-corrected chi connectivity index (χ0v) is 22.3. The van der Waals surface area contributed by atoms with Crippen LogP contribution in [0.2, 0.25) is 0 Å². The number of halogens is 3. The molecular formula is C28H34F3N5O4. The number of fused-ring (bicyclic) bond motifs is 2. The lowest BCUT2D eigenvalue weighted by molar-refractivity contribution is -0.192. The number of nitrogens with zero attached hydrogens (tertiary/aromatic N) is 4. The number of carbonyl (C=O) groups is 3. The van der Waals surface area contributed by atoms with Crippen molar-refractivity contribution in [3.8, 4) is 0 Å². The summed E-state index contributed by atoms with van der Waals surface area (Å²) in [7, 11) is 1.97. The number of nitrogens with one attached hydrogen (secondary N) is 1. The number of aliphatic carboxylic acids is 1. The van der Waals surface area contributed by atoms with Gasteiger partial charge in [0.25, 0.3) is 0 Å². The number of carboxylic acid groups (broad SMARTS) is 1. The van der Waals surface area contributed by atoms with E-state index < -0.39 is 12.1 Å². The topological polar surface area (TPSA) is 106 Å². The molecule has 40 heavy (non-hydrogen) atoms. The number of benzene rings is 1. The van der Waals surface area contributed by atoms with Gasteiger partial charge in [-0.05, 0) is 36.5 Å². The standard InChI is InChI=1S/C26H33N5O2.C2HF3O2/c1-29-24(32)22-18-30(17-21-8-5-12-27-16-21)19-23(22)26(29)10-14-31(15-11-26)25(33)28-13-9-20-6-3-2-4-7-20;3-2(4,5)1(6)7/h2-8,12,16,22-23H,9-11,13-15,17-19H2,1H3,(H,28,33);(H,6,7)/t22-,23+;/m0./s1. The van der Waals surface area contributed by atoms with E-state index in [1.165, 1.54) is 11.1 Å². The first kappa shape index (κ1) is 29.3. The van der Waals surface area contributed by atoms with Gasteiger partial charge in [-0.2, -0.15) is 13.2 Å². The fourth-order valence-corrected chi connectivity index (χ4v) is 6.15. The van der Waals surface area contributed by atoms with Gasteiger partial charge >= 0.3 is 18.2 Å². The van der Waals surface area contributed by atoms with Crippen LogP contribution in [-0.4, -0.2) is 94.2 Å². The Morgan fingerprint density at radius 1 is 1.07 bits per heavy atom. The number of pyridine rings is 1. The van der Waals surface area contributed by atoms with E-state index in [9.17, 15) is 22.8 Å². The Morgan fingerprint density at radius 3 is 2.33 bits per heavy atom. The van der Waals surface area contributed by atoms with Gasteiger partial charge in [0, 0.05) is 64.6 Å². The summed E-state index contributed by atoms with van der Waals surface area (Å²) in [5.74, 6) is -2.09. The fraction of sp³-hybridized carbons (Fsp3) is 0.500. The Kier molecular flexibility index (Phi) is 8.97. The Hall–Kier alpha value is -3.67. The summed E-state index contributed by atoms with van der Waals surface area (Å²) in [5.41, 5.74) is 2.28. The van der Waals surface area contributed by atoms with Crippen molar-refractivity contribution in [2.45, 2.75) is 37.5 Å². The number of carbonyl (C=O) groups excluding carboxylic acids is 2. The van der Waals surface area contributed by atoms with E-state index in [0.717, 1.165) is 38.9 Å². The summed E-state index contributed by atoms with van der Waals surface area (Å²) in [4.78, 5) is 45.4. The number of aromatic nitrogens is 1. The zero-order valence-electron chi connectivity index (χ0n) is 22.3. The molecule has 0 aliphatic carbocycles. The Morgan fingerprint density at radius 2 is 1.73 bits per heavy atom. The lowest BCUT2D eigenvalue weighted by Gasteiger charge is -2.46. The first-order valence-corrected chi connectivity index (χ1v) is 13.3. The van der Waals surface area contributed by atoms with Gasteiger partial charge in [0.05, 0.1) is 11.5 Å². The molecule has 12 heteroatoms. The number of rotatable bonds is 5. The highest BCUT2D eigenvalue weighted by Gasteiger charge is 2.60. The average Bonchev–Trinajstić information content (AvgIpc) is 3.43. The molecule has 3 fully saturated rings. The van der Waals surface area contributed by atoms with Gasteiger partial charge < -0.3 is 20.2 Å². The monoisotopic (exact) mass is 561 g/mol. The smallest absolute Gasteiger partial charge is 0.475 e. The van der Waals surface area contributed by atoms with Crippen molar-refractivity contribution in [1.29, 1.82) is 0 Å². The lowest BCUT2D eigenvalue weighted by atomic mass is 9.75. The van der Waals surface area contributed by atoms with Gasteiger partial charge in [-0.15, -0.1) is 0 Å². The average molecular weight is 562 g/mol. The van der Waals surface area contributed by atoms with E-state index in [1.54, 1.807) is 6.20 Å². The first-order chi connectivity index (χ1) is 19.0. The van der Waals surface area contributed by atoms with E-state index in [-0.39, 0.29) is 23.4 Å². The van der Waals surface area contributed by atoms with Crippen LogP contribution in [0.1, 0.15) is 24.0 Å².